The van der Waals surface area contributed by atoms with Crippen LogP contribution in [0.2, 0.25) is 0 Å². The second kappa shape index (κ2) is 8.48. The van der Waals surface area contributed by atoms with E-state index in [2.05, 4.69) is 41.5 Å². The first-order valence-electron chi connectivity index (χ1n) is 9.45. The molecular weight excluding hydrogens is 314 g/mol. The quantitative estimate of drug-likeness (QED) is 0.889. The first-order chi connectivity index (χ1) is 12.1. The zero-order chi connectivity index (χ0) is 17.6. The van der Waals surface area contributed by atoms with Crippen molar-refractivity contribution in [2.45, 2.75) is 51.1 Å². The number of carbonyl (C=O) groups excluding carboxylic acids is 2. The van der Waals surface area contributed by atoms with Crippen molar-refractivity contribution in [3.63, 3.8) is 0 Å². The molecule has 0 radical (unpaired) electrons. The summed E-state index contributed by atoms with van der Waals surface area (Å²) in [6, 6.07) is 8.86. The van der Waals surface area contributed by atoms with Crippen LogP contribution in [0.15, 0.2) is 24.3 Å². The normalized spacial score (nSPS) is 21.6. The largest absolute Gasteiger partial charge is 0.354 e. The van der Waals surface area contributed by atoms with Crippen molar-refractivity contribution >= 4 is 11.8 Å². The van der Waals surface area contributed by atoms with Crippen LogP contribution in [0.25, 0.3) is 0 Å². The topological polar surface area (TPSA) is 52.7 Å². The fourth-order valence-electron chi connectivity index (χ4n) is 3.78. The Kier molecular flexibility index (Phi) is 6.08. The number of likely N-dealkylation sites (tertiary alicyclic amines) is 1. The molecule has 1 N–H and O–H groups in total. The number of fused-ring (bicyclic) bond motifs is 1. The molecule has 1 aromatic carbocycles. The van der Waals surface area contributed by atoms with Gasteiger partial charge in [0.15, 0.2) is 0 Å². The van der Waals surface area contributed by atoms with Crippen LogP contribution in [-0.2, 0) is 22.6 Å². The summed E-state index contributed by atoms with van der Waals surface area (Å²) >= 11 is 0. The minimum atomic E-state index is 0.0457. The summed E-state index contributed by atoms with van der Waals surface area (Å²) < 4.78 is 0. The Morgan fingerprint density at radius 2 is 2.00 bits per heavy atom. The van der Waals surface area contributed by atoms with Crippen LogP contribution in [0.5, 0.6) is 0 Å². The lowest BCUT2D eigenvalue weighted by Crippen LogP contribution is -2.46. The molecule has 0 saturated carbocycles. The Morgan fingerprint density at radius 1 is 1.20 bits per heavy atom. The molecule has 2 aliphatic heterocycles. The Hall–Kier alpha value is -1.88. The molecular formula is C20H29N3O2. The first-order valence-corrected chi connectivity index (χ1v) is 9.45. The Labute approximate surface area is 150 Å². The molecule has 0 aliphatic carbocycles. The lowest BCUT2D eigenvalue weighted by atomic mass is 9.94. The second-order valence-corrected chi connectivity index (χ2v) is 7.29. The van der Waals surface area contributed by atoms with Crippen LogP contribution in [0, 0.1) is 0 Å². The van der Waals surface area contributed by atoms with Crippen molar-refractivity contribution in [1.82, 2.24) is 15.1 Å². The fourth-order valence-corrected chi connectivity index (χ4v) is 3.78. The number of benzene rings is 1. The van der Waals surface area contributed by atoms with E-state index in [1.807, 2.05) is 4.90 Å². The van der Waals surface area contributed by atoms with Gasteiger partial charge in [0, 0.05) is 45.1 Å². The van der Waals surface area contributed by atoms with Gasteiger partial charge in [0.2, 0.25) is 11.8 Å². The van der Waals surface area contributed by atoms with Crippen molar-refractivity contribution in [3.05, 3.63) is 35.4 Å². The highest BCUT2D eigenvalue weighted by Crippen LogP contribution is 2.21. The highest BCUT2D eigenvalue weighted by atomic mass is 16.2. The van der Waals surface area contributed by atoms with Gasteiger partial charge in [-0.05, 0) is 37.4 Å². The maximum atomic E-state index is 12.2. The van der Waals surface area contributed by atoms with Gasteiger partial charge in [0.1, 0.15) is 0 Å². The van der Waals surface area contributed by atoms with Gasteiger partial charge in [0.25, 0.3) is 0 Å². The van der Waals surface area contributed by atoms with Crippen molar-refractivity contribution in [2.24, 2.45) is 0 Å². The van der Waals surface area contributed by atoms with Crippen molar-refractivity contribution in [2.75, 3.05) is 26.7 Å². The zero-order valence-corrected chi connectivity index (χ0v) is 15.2. The zero-order valence-electron chi connectivity index (χ0n) is 15.2. The molecule has 2 aliphatic rings. The van der Waals surface area contributed by atoms with Crippen LogP contribution >= 0.6 is 0 Å². The maximum Gasteiger partial charge on any atom is 0.222 e. The maximum absolute atomic E-state index is 12.2. The average Bonchev–Trinajstić information content (AvgIpc) is 2.82. The van der Waals surface area contributed by atoms with Crippen LogP contribution in [0.3, 0.4) is 0 Å². The van der Waals surface area contributed by atoms with Crippen LogP contribution in [0.4, 0.5) is 0 Å². The molecule has 25 heavy (non-hydrogen) atoms. The minimum absolute atomic E-state index is 0.0457. The van der Waals surface area contributed by atoms with E-state index in [9.17, 15) is 9.59 Å². The SMILES string of the molecule is CN1Cc2ccccc2CC1CNC(=O)CCN1CCCCCC1=O. The Morgan fingerprint density at radius 3 is 2.84 bits per heavy atom. The summed E-state index contributed by atoms with van der Waals surface area (Å²) in [5, 5.41) is 3.07. The molecule has 1 aromatic rings. The molecule has 3 rings (SSSR count). The number of hydrogen-bond acceptors (Lipinski definition) is 3. The number of amides is 2. The van der Waals surface area contributed by atoms with Gasteiger partial charge in [-0.25, -0.2) is 0 Å². The van der Waals surface area contributed by atoms with Gasteiger partial charge in [-0.3, -0.25) is 14.5 Å². The van der Waals surface area contributed by atoms with E-state index >= 15 is 0 Å². The molecule has 1 unspecified atom stereocenters. The summed E-state index contributed by atoms with van der Waals surface area (Å²) in [6.45, 7) is 2.94. The third-order valence-corrected chi connectivity index (χ3v) is 5.43. The fraction of sp³-hybridized carbons (Fsp3) is 0.600. The summed E-state index contributed by atoms with van der Waals surface area (Å²) in [5.41, 5.74) is 2.77. The van der Waals surface area contributed by atoms with E-state index in [0.717, 1.165) is 38.8 Å². The summed E-state index contributed by atoms with van der Waals surface area (Å²) in [6.07, 6.45) is 5.16. The summed E-state index contributed by atoms with van der Waals surface area (Å²) in [4.78, 5) is 28.3. The van der Waals surface area contributed by atoms with E-state index in [-0.39, 0.29) is 11.8 Å². The van der Waals surface area contributed by atoms with Crippen LogP contribution < -0.4 is 5.32 Å². The smallest absolute Gasteiger partial charge is 0.222 e. The van der Waals surface area contributed by atoms with E-state index in [1.54, 1.807) is 0 Å². The lowest BCUT2D eigenvalue weighted by molar-refractivity contribution is -0.131. The minimum Gasteiger partial charge on any atom is -0.354 e. The van der Waals surface area contributed by atoms with Crippen LogP contribution in [-0.4, -0.2) is 54.3 Å². The molecule has 5 heteroatoms. The van der Waals surface area contributed by atoms with Crippen molar-refractivity contribution < 1.29 is 9.59 Å². The molecule has 1 fully saturated rings. The second-order valence-electron chi connectivity index (χ2n) is 7.29. The number of nitrogens with one attached hydrogen (secondary N) is 1. The number of carbonyl (C=O) groups is 2. The summed E-state index contributed by atoms with van der Waals surface area (Å²) in [7, 11) is 2.11. The van der Waals surface area contributed by atoms with Crippen molar-refractivity contribution in [1.29, 1.82) is 0 Å². The highest BCUT2D eigenvalue weighted by Gasteiger charge is 2.23. The first kappa shape index (κ1) is 17.9. The molecule has 0 aromatic heterocycles. The predicted molar refractivity (Wildman–Crippen MR) is 98.1 cm³/mol. The Balaban J connectivity index is 1.44. The molecule has 1 saturated heterocycles. The molecule has 0 spiro atoms. The van der Waals surface area contributed by atoms with E-state index in [4.69, 9.17) is 0 Å². The lowest BCUT2D eigenvalue weighted by Gasteiger charge is -2.34. The predicted octanol–water partition coefficient (Wildman–Crippen LogP) is 1.95. The number of likely N-dealkylation sites (N-methyl/N-ethyl adjacent to an activating group) is 1. The molecule has 2 heterocycles. The molecule has 136 valence electrons. The average molecular weight is 343 g/mol. The third-order valence-electron chi connectivity index (χ3n) is 5.43. The van der Waals surface area contributed by atoms with Gasteiger partial charge in [-0.1, -0.05) is 30.7 Å². The van der Waals surface area contributed by atoms with E-state index in [0.29, 0.717) is 32.0 Å². The monoisotopic (exact) mass is 343 g/mol. The van der Waals surface area contributed by atoms with Gasteiger partial charge >= 0.3 is 0 Å². The number of nitrogens with zero attached hydrogens (tertiary/aromatic N) is 2. The van der Waals surface area contributed by atoms with Gasteiger partial charge < -0.3 is 10.2 Å². The molecule has 0 bridgehead atoms. The van der Waals surface area contributed by atoms with E-state index in [1.165, 1.54) is 11.1 Å². The standard InChI is InChI=1S/C20H29N3O2/c1-22-15-17-8-5-4-7-16(17)13-18(22)14-21-19(24)10-12-23-11-6-2-3-9-20(23)25/h4-5,7-8,18H,2-3,6,9-15H2,1H3,(H,21,24). The summed E-state index contributed by atoms with van der Waals surface area (Å²) in [5.74, 6) is 0.248. The highest BCUT2D eigenvalue weighted by molar-refractivity contribution is 5.79. The molecule has 1 atom stereocenters. The third kappa shape index (κ3) is 4.82. The van der Waals surface area contributed by atoms with Gasteiger partial charge in [0.05, 0.1) is 0 Å². The Bertz CT molecular complexity index is 617. The number of hydrogen-bond donors (Lipinski definition) is 1. The number of rotatable bonds is 5. The van der Waals surface area contributed by atoms with Crippen LogP contribution in [0.1, 0.15) is 43.2 Å². The molecule has 2 amide bonds. The van der Waals surface area contributed by atoms with Gasteiger partial charge in [-0.15, -0.1) is 0 Å². The molecule has 5 nitrogen and oxygen atoms in total. The van der Waals surface area contributed by atoms with Crippen molar-refractivity contribution in [3.8, 4) is 0 Å². The van der Waals surface area contributed by atoms with E-state index < -0.39 is 0 Å². The van der Waals surface area contributed by atoms with Gasteiger partial charge in [-0.2, -0.15) is 0 Å².